The maximum absolute atomic E-state index is 12.6. The second-order valence-electron chi connectivity index (χ2n) is 6.53. The van der Waals surface area contributed by atoms with E-state index in [1.54, 1.807) is 19.4 Å². The molecule has 0 atom stereocenters. The van der Waals surface area contributed by atoms with E-state index in [2.05, 4.69) is 20.6 Å². The molecule has 1 amide bonds. The van der Waals surface area contributed by atoms with Crippen LogP contribution in [-0.4, -0.2) is 29.5 Å². The second-order valence-corrected chi connectivity index (χ2v) is 6.53. The molecule has 0 saturated carbocycles. The van der Waals surface area contributed by atoms with Gasteiger partial charge in [0.2, 0.25) is 5.95 Å². The average molecular weight is 376 g/mol. The lowest BCUT2D eigenvalue weighted by Crippen LogP contribution is -2.16. The number of hydrogen-bond acceptors (Lipinski definition) is 5. The van der Waals surface area contributed by atoms with Crippen LogP contribution in [0, 0.1) is 13.8 Å². The predicted molar refractivity (Wildman–Crippen MR) is 111 cm³/mol. The zero-order valence-corrected chi connectivity index (χ0v) is 16.3. The Balaban J connectivity index is 1.63. The number of anilines is 2. The highest BCUT2D eigenvalue weighted by Gasteiger charge is 2.11. The van der Waals surface area contributed by atoms with Crippen LogP contribution in [0.25, 0.3) is 0 Å². The van der Waals surface area contributed by atoms with Gasteiger partial charge >= 0.3 is 0 Å². The van der Waals surface area contributed by atoms with Gasteiger partial charge in [-0.25, -0.2) is 9.97 Å². The number of amides is 1. The molecule has 0 bridgehead atoms. The number of aryl methyl sites for hydroxylation is 2. The van der Waals surface area contributed by atoms with E-state index in [1.165, 1.54) is 0 Å². The molecule has 2 aromatic carbocycles. The van der Waals surface area contributed by atoms with Crippen LogP contribution in [0.1, 0.15) is 27.2 Å². The first-order valence-electron chi connectivity index (χ1n) is 9.14. The summed E-state index contributed by atoms with van der Waals surface area (Å²) < 4.78 is 5.36. The highest BCUT2D eigenvalue weighted by Crippen LogP contribution is 2.18. The first-order chi connectivity index (χ1) is 13.6. The topological polar surface area (TPSA) is 76.1 Å². The van der Waals surface area contributed by atoms with E-state index >= 15 is 0 Å². The van der Waals surface area contributed by atoms with E-state index in [4.69, 9.17) is 4.74 Å². The van der Waals surface area contributed by atoms with Crippen LogP contribution in [-0.2, 0) is 6.42 Å². The molecule has 0 aliphatic heterocycles. The Hall–Kier alpha value is -3.41. The number of carbonyl (C=O) groups excluding carboxylic acids is 1. The summed E-state index contributed by atoms with van der Waals surface area (Å²) in [5.41, 5.74) is 4.29. The van der Waals surface area contributed by atoms with Crippen LogP contribution in [0.4, 0.5) is 11.6 Å². The number of para-hydroxylation sites is 1. The van der Waals surface area contributed by atoms with Crippen LogP contribution in [0.3, 0.4) is 0 Å². The third-order valence-corrected chi connectivity index (χ3v) is 4.40. The summed E-state index contributed by atoms with van der Waals surface area (Å²) in [6.07, 6.45) is 2.34. The minimum atomic E-state index is -0.260. The van der Waals surface area contributed by atoms with Crippen molar-refractivity contribution in [1.29, 1.82) is 0 Å². The van der Waals surface area contributed by atoms with E-state index < -0.39 is 0 Å². The van der Waals surface area contributed by atoms with E-state index in [0.29, 0.717) is 18.2 Å². The minimum Gasteiger partial charge on any atom is -0.496 e. The van der Waals surface area contributed by atoms with Crippen molar-refractivity contribution < 1.29 is 9.53 Å². The van der Waals surface area contributed by atoms with Gasteiger partial charge in [0.05, 0.1) is 7.11 Å². The first kappa shape index (κ1) is 19.4. The van der Waals surface area contributed by atoms with Gasteiger partial charge in [0, 0.05) is 18.4 Å². The third-order valence-electron chi connectivity index (χ3n) is 4.40. The number of carbonyl (C=O) groups is 1. The van der Waals surface area contributed by atoms with Gasteiger partial charge in [-0.05, 0) is 55.2 Å². The van der Waals surface area contributed by atoms with Crippen molar-refractivity contribution >= 4 is 17.5 Å². The van der Waals surface area contributed by atoms with Crippen molar-refractivity contribution in [2.24, 2.45) is 0 Å². The second kappa shape index (κ2) is 8.99. The summed E-state index contributed by atoms with van der Waals surface area (Å²) in [6.45, 7) is 4.58. The van der Waals surface area contributed by atoms with Crippen molar-refractivity contribution in [2.45, 2.75) is 20.3 Å². The summed E-state index contributed by atoms with van der Waals surface area (Å²) in [7, 11) is 1.66. The third kappa shape index (κ3) is 4.85. The maximum atomic E-state index is 12.6. The van der Waals surface area contributed by atoms with E-state index in [0.717, 1.165) is 34.5 Å². The maximum Gasteiger partial charge on any atom is 0.274 e. The van der Waals surface area contributed by atoms with Gasteiger partial charge in [0.1, 0.15) is 11.4 Å². The van der Waals surface area contributed by atoms with E-state index in [-0.39, 0.29) is 5.91 Å². The number of ether oxygens (including phenoxy) is 1. The highest BCUT2D eigenvalue weighted by molar-refractivity contribution is 6.03. The van der Waals surface area contributed by atoms with Gasteiger partial charge in [-0.3, -0.25) is 4.79 Å². The standard InChI is InChI=1S/C22H24N4O2/c1-15-8-9-16(2)19(14-15)25-21(27)18-11-13-24-22(26-18)23-12-10-17-6-4-5-7-20(17)28-3/h4-9,11,13-14H,10,12H2,1-3H3,(H,25,27)(H,23,24,26). The molecule has 0 aliphatic rings. The molecule has 6 nitrogen and oxygen atoms in total. The van der Waals surface area contributed by atoms with Gasteiger partial charge in [0.25, 0.3) is 5.91 Å². The van der Waals surface area contributed by atoms with E-state index in [9.17, 15) is 4.79 Å². The Morgan fingerprint density at radius 1 is 1.11 bits per heavy atom. The summed E-state index contributed by atoms with van der Waals surface area (Å²) in [5, 5.41) is 6.08. The van der Waals surface area contributed by atoms with Gasteiger partial charge in [-0.1, -0.05) is 30.3 Å². The van der Waals surface area contributed by atoms with Gasteiger partial charge in [0.15, 0.2) is 0 Å². The number of nitrogens with one attached hydrogen (secondary N) is 2. The SMILES string of the molecule is COc1ccccc1CCNc1nccc(C(=O)Nc2cc(C)ccc2C)n1. The molecular weight excluding hydrogens is 352 g/mol. The number of methoxy groups -OCH3 is 1. The molecule has 0 aliphatic carbocycles. The number of benzene rings is 2. The molecule has 0 radical (unpaired) electrons. The van der Waals surface area contributed by atoms with Crippen LogP contribution in [0.5, 0.6) is 5.75 Å². The van der Waals surface area contributed by atoms with Crippen molar-refractivity contribution in [3.63, 3.8) is 0 Å². The zero-order chi connectivity index (χ0) is 19.9. The molecule has 3 aromatic rings. The van der Waals surface area contributed by atoms with Crippen LogP contribution < -0.4 is 15.4 Å². The molecule has 0 unspecified atom stereocenters. The molecule has 144 valence electrons. The summed E-state index contributed by atoms with van der Waals surface area (Å²) >= 11 is 0. The molecule has 3 rings (SSSR count). The first-order valence-corrected chi connectivity index (χ1v) is 9.14. The Morgan fingerprint density at radius 2 is 1.93 bits per heavy atom. The zero-order valence-electron chi connectivity index (χ0n) is 16.3. The van der Waals surface area contributed by atoms with Crippen LogP contribution in [0.2, 0.25) is 0 Å². The smallest absolute Gasteiger partial charge is 0.274 e. The molecule has 2 N–H and O–H groups in total. The Kier molecular flexibility index (Phi) is 6.22. The Labute approximate surface area is 165 Å². The molecule has 0 saturated heterocycles. The molecule has 28 heavy (non-hydrogen) atoms. The molecule has 0 spiro atoms. The summed E-state index contributed by atoms with van der Waals surface area (Å²) in [4.78, 5) is 21.1. The molecule has 6 heteroatoms. The molecular formula is C22H24N4O2. The van der Waals surface area contributed by atoms with Gasteiger partial charge in [-0.2, -0.15) is 0 Å². The number of aromatic nitrogens is 2. The van der Waals surface area contributed by atoms with Crippen molar-refractivity contribution in [2.75, 3.05) is 24.3 Å². The minimum absolute atomic E-state index is 0.260. The Morgan fingerprint density at radius 3 is 2.75 bits per heavy atom. The lowest BCUT2D eigenvalue weighted by Gasteiger charge is -2.11. The lowest BCUT2D eigenvalue weighted by molar-refractivity contribution is 0.102. The van der Waals surface area contributed by atoms with E-state index in [1.807, 2.05) is 56.3 Å². The number of rotatable bonds is 7. The molecule has 1 heterocycles. The lowest BCUT2D eigenvalue weighted by atomic mass is 10.1. The van der Waals surface area contributed by atoms with Crippen molar-refractivity contribution in [3.8, 4) is 5.75 Å². The Bertz CT molecular complexity index is 972. The monoisotopic (exact) mass is 376 g/mol. The van der Waals surface area contributed by atoms with Crippen LogP contribution >= 0.6 is 0 Å². The predicted octanol–water partition coefficient (Wildman–Crippen LogP) is 4.01. The fourth-order valence-corrected chi connectivity index (χ4v) is 2.85. The summed E-state index contributed by atoms with van der Waals surface area (Å²) in [5.74, 6) is 1.01. The highest BCUT2D eigenvalue weighted by atomic mass is 16.5. The normalized spacial score (nSPS) is 10.4. The van der Waals surface area contributed by atoms with Gasteiger partial charge < -0.3 is 15.4 Å². The van der Waals surface area contributed by atoms with Crippen molar-refractivity contribution in [3.05, 3.63) is 77.1 Å². The molecule has 0 fully saturated rings. The fraction of sp³-hybridized carbons (Fsp3) is 0.227. The van der Waals surface area contributed by atoms with Crippen LogP contribution in [0.15, 0.2) is 54.7 Å². The quantitative estimate of drug-likeness (QED) is 0.652. The number of nitrogens with zero attached hydrogens (tertiary/aromatic N) is 2. The van der Waals surface area contributed by atoms with Crippen molar-refractivity contribution in [1.82, 2.24) is 9.97 Å². The molecule has 1 aromatic heterocycles. The average Bonchev–Trinajstić information content (AvgIpc) is 2.71. The summed E-state index contributed by atoms with van der Waals surface area (Å²) in [6, 6.07) is 15.4. The fourth-order valence-electron chi connectivity index (χ4n) is 2.85. The van der Waals surface area contributed by atoms with Gasteiger partial charge in [-0.15, -0.1) is 0 Å². The number of hydrogen-bond donors (Lipinski definition) is 2. The largest absolute Gasteiger partial charge is 0.496 e.